The number of hydrogen-bond donors (Lipinski definition) is 1. The van der Waals surface area contributed by atoms with Crippen molar-refractivity contribution >= 4 is 18.1 Å². The fraction of sp³-hybridized carbons (Fsp3) is 0.444. The molecule has 0 unspecified atom stereocenters. The van der Waals surface area contributed by atoms with Crippen LogP contribution in [0.1, 0.15) is 48.7 Å². The van der Waals surface area contributed by atoms with E-state index in [4.69, 9.17) is 9.47 Å². The average Bonchev–Trinajstić information content (AvgIpc) is 2.46. The molecule has 5 heteroatoms. The second-order valence-corrected chi connectivity index (χ2v) is 6.13. The average molecular weight is 319 g/mol. The van der Waals surface area contributed by atoms with Crippen molar-refractivity contribution in [2.75, 3.05) is 13.7 Å². The SMILES string of the molecule is COC(=O)c1cccc(C=CCCNC(=O)OC(C)(C)C)c1C. The van der Waals surface area contributed by atoms with Crippen LogP contribution in [0.2, 0.25) is 0 Å². The standard InChI is InChI=1S/C18H25NO4/c1-13-14(10-8-11-15(13)16(20)22-5)9-6-7-12-19-17(21)23-18(2,3)4/h6,8-11H,7,12H2,1-5H3,(H,19,21). The third-order valence-electron chi connectivity index (χ3n) is 3.06. The van der Waals surface area contributed by atoms with E-state index in [2.05, 4.69) is 5.32 Å². The van der Waals surface area contributed by atoms with Gasteiger partial charge in [-0.3, -0.25) is 0 Å². The lowest BCUT2D eigenvalue weighted by Crippen LogP contribution is -2.32. The number of rotatable bonds is 5. The van der Waals surface area contributed by atoms with Crippen molar-refractivity contribution in [1.82, 2.24) is 5.32 Å². The molecule has 1 amide bonds. The molecule has 0 aromatic heterocycles. The molecule has 0 fully saturated rings. The van der Waals surface area contributed by atoms with Crippen LogP contribution in [0.4, 0.5) is 4.79 Å². The first-order chi connectivity index (χ1) is 10.7. The van der Waals surface area contributed by atoms with Gasteiger partial charge >= 0.3 is 12.1 Å². The Morgan fingerprint density at radius 3 is 2.57 bits per heavy atom. The van der Waals surface area contributed by atoms with Crippen LogP contribution in [0.3, 0.4) is 0 Å². The number of alkyl carbamates (subject to hydrolysis) is 1. The molecule has 126 valence electrons. The third kappa shape index (κ3) is 6.55. The Hall–Kier alpha value is -2.30. The van der Waals surface area contributed by atoms with E-state index in [1.807, 2.05) is 52.0 Å². The summed E-state index contributed by atoms with van der Waals surface area (Å²) >= 11 is 0. The van der Waals surface area contributed by atoms with Crippen molar-refractivity contribution in [2.24, 2.45) is 0 Å². The third-order valence-corrected chi connectivity index (χ3v) is 3.06. The molecule has 0 aliphatic heterocycles. The minimum atomic E-state index is -0.495. The van der Waals surface area contributed by atoms with E-state index in [0.29, 0.717) is 18.5 Å². The van der Waals surface area contributed by atoms with Gasteiger partial charge in [0.1, 0.15) is 5.60 Å². The first-order valence-corrected chi connectivity index (χ1v) is 7.56. The first-order valence-electron chi connectivity index (χ1n) is 7.56. The zero-order valence-electron chi connectivity index (χ0n) is 14.4. The maximum atomic E-state index is 11.6. The van der Waals surface area contributed by atoms with Crippen molar-refractivity contribution in [3.63, 3.8) is 0 Å². The largest absolute Gasteiger partial charge is 0.465 e. The summed E-state index contributed by atoms with van der Waals surface area (Å²) in [5.41, 5.74) is 1.88. The molecule has 0 spiro atoms. The molecule has 0 radical (unpaired) electrons. The molecule has 0 aliphatic rings. The summed E-state index contributed by atoms with van der Waals surface area (Å²) < 4.78 is 9.91. The summed E-state index contributed by atoms with van der Waals surface area (Å²) in [4.78, 5) is 23.1. The lowest BCUT2D eigenvalue weighted by atomic mass is 10.0. The summed E-state index contributed by atoms with van der Waals surface area (Å²) in [6.45, 7) is 7.84. The van der Waals surface area contributed by atoms with Crippen LogP contribution in [0.5, 0.6) is 0 Å². The van der Waals surface area contributed by atoms with Crippen LogP contribution in [0, 0.1) is 6.92 Å². The number of esters is 1. The number of ether oxygens (including phenoxy) is 2. The van der Waals surface area contributed by atoms with Crippen molar-refractivity contribution in [3.05, 3.63) is 41.0 Å². The molecule has 0 saturated heterocycles. The highest BCUT2D eigenvalue weighted by atomic mass is 16.6. The predicted octanol–water partition coefficient (Wildman–Crippen LogP) is 3.71. The van der Waals surface area contributed by atoms with Gasteiger partial charge in [0.15, 0.2) is 0 Å². The molecule has 1 rings (SSSR count). The maximum Gasteiger partial charge on any atom is 0.407 e. The molecule has 23 heavy (non-hydrogen) atoms. The van der Waals surface area contributed by atoms with E-state index in [-0.39, 0.29) is 5.97 Å². The van der Waals surface area contributed by atoms with E-state index in [9.17, 15) is 9.59 Å². The van der Waals surface area contributed by atoms with Crippen molar-refractivity contribution in [3.8, 4) is 0 Å². The number of methoxy groups -OCH3 is 1. The van der Waals surface area contributed by atoms with Crippen LogP contribution in [0.25, 0.3) is 6.08 Å². The molecule has 0 atom stereocenters. The van der Waals surface area contributed by atoms with E-state index in [1.165, 1.54) is 7.11 Å². The maximum absolute atomic E-state index is 11.6. The van der Waals surface area contributed by atoms with Gasteiger partial charge in [-0.2, -0.15) is 0 Å². The molecule has 0 heterocycles. The highest BCUT2D eigenvalue weighted by Gasteiger charge is 2.15. The fourth-order valence-electron chi connectivity index (χ4n) is 1.95. The van der Waals surface area contributed by atoms with Gasteiger partial charge in [0.25, 0.3) is 0 Å². The summed E-state index contributed by atoms with van der Waals surface area (Å²) in [7, 11) is 1.37. The van der Waals surface area contributed by atoms with Crippen LogP contribution in [-0.4, -0.2) is 31.3 Å². The van der Waals surface area contributed by atoms with Crippen LogP contribution < -0.4 is 5.32 Å². The fourth-order valence-corrected chi connectivity index (χ4v) is 1.95. The molecule has 0 aliphatic carbocycles. The Morgan fingerprint density at radius 2 is 1.96 bits per heavy atom. The summed E-state index contributed by atoms with van der Waals surface area (Å²) in [6.07, 6.45) is 4.12. The lowest BCUT2D eigenvalue weighted by molar-refractivity contribution is 0.0527. The van der Waals surface area contributed by atoms with E-state index >= 15 is 0 Å². The number of carbonyl (C=O) groups excluding carboxylic acids is 2. The highest BCUT2D eigenvalue weighted by Crippen LogP contribution is 2.16. The molecule has 1 N–H and O–H groups in total. The smallest absolute Gasteiger partial charge is 0.407 e. The highest BCUT2D eigenvalue weighted by molar-refractivity contribution is 5.92. The van der Waals surface area contributed by atoms with Gasteiger partial charge in [0.05, 0.1) is 12.7 Å². The predicted molar refractivity (Wildman–Crippen MR) is 90.4 cm³/mol. The molecular formula is C18H25NO4. The molecular weight excluding hydrogens is 294 g/mol. The Kier molecular flexibility index (Phi) is 6.82. The Labute approximate surface area is 137 Å². The topological polar surface area (TPSA) is 64.6 Å². The zero-order valence-corrected chi connectivity index (χ0v) is 14.4. The van der Waals surface area contributed by atoms with Gasteiger partial charge < -0.3 is 14.8 Å². The van der Waals surface area contributed by atoms with Gasteiger partial charge in [0, 0.05) is 6.54 Å². The normalized spacial score (nSPS) is 11.3. The Balaban J connectivity index is 2.53. The van der Waals surface area contributed by atoms with Crippen molar-refractivity contribution in [1.29, 1.82) is 0 Å². The van der Waals surface area contributed by atoms with Crippen molar-refractivity contribution in [2.45, 2.75) is 39.7 Å². The van der Waals surface area contributed by atoms with Crippen LogP contribution >= 0.6 is 0 Å². The molecule has 0 bridgehead atoms. The minimum absolute atomic E-state index is 0.343. The van der Waals surface area contributed by atoms with E-state index < -0.39 is 11.7 Å². The molecule has 1 aromatic carbocycles. The number of hydrogen-bond acceptors (Lipinski definition) is 4. The van der Waals surface area contributed by atoms with Gasteiger partial charge in [0.2, 0.25) is 0 Å². The Bertz CT molecular complexity index is 585. The minimum Gasteiger partial charge on any atom is -0.465 e. The molecule has 1 aromatic rings. The Morgan fingerprint density at radius 1 is 1.26 bits per heavy atom. The van der Waals surface area contributed by atoms with Gasteiger partial charge in [-0.15, -0.1) is 0 Å². The number of carbonyl (C=O) groups is 2. The number of amides is 1. The van der Waals surface area contributed by atoms with E-state index in [0.717, 1.165) is 11.1 Å². The summed E-state index contributed by atoms with van der Waals surface area (Å²) in [5.74, 6) is -0.343. The second kappa shape index (κ2) is 8.36. The summed E-state index contributed by atoms with van der Waals surface area (Å²) in [6, 6.07) is 5.49. The van der Waals surface area contributed by atoms with Crippen molar-refractivity contribution < 1.29 is 19.1 Å². The van der Waals surface area contributed by atoms with E-state index in [1.54, 1.807) is 6.07 Å². The number of benzene rings is 1. The zero-order chi connectivity index (χ0) is 17.5. The monoisotopic (exact) mass is 319 g/mol. The van der Waals surface area contributed by atoms with Gasteiger partial charge in [-0.05, 0) is 51.3 Å². The first kappa shape index (κ1) is 18.7. The summed E-state index contributed by atoms with van der Waals surface area (Å²) in [5, 5.41) is 2.69. The molecule has 5 nitrogen and oxygen atoms in total. The lowest BCUT2D eigenvalue weighted by Gasteiger charge is -2.19. The quantitative estimate of drug-likeness (QED) is 0.664. The van der Waals surface area contributed by atoms with Gasteiger partial charge in [-0.25, -0.2) is 9.59 Å². The van der Waals surface area contributed by atoms with Gasteiger partial charge in [-0.1, -0.05) is 24.3 Å². The van der Waals surface area contributed by atoms with Crippen LogP contribution in [0.15, 0.2) is 24.3 Å². The number of nitrogens with one attached hydrogen (secondary N) is 1. The molecule has 0 saturated carbocycles. The second-order valence-electron chi connectivity index (χ2n) is 6.13. The van der Waals surface area contributed by atoms with Crippen LogP contribution in [-0.2, 0) is 9.47 Å².